The second-order valence-electron chi connectivity index (χ2n) is 6.07. The Morgan fingerprint density at radius 3 is 2.17 bits per heavy atom. The first kappa shape index (κ1) is 17.3. The van der Waals surface area contributed by atoms with E-state index in [1.54, 1.807) is 0 Å². The number of carbonyl (C=O) groups is 1. The smallest absolute Gasteiger partial charge is 0.258 e. The van der Waals surface area contributed by atoms with Gasteiger partial charge in [0.15, 0.2) is 0 Å². The van der Waals surface area contributed by atoms with Crippen molar-refractivity contribution in [1.29, 1.82) is 0 Å². The van der Waals surface area contributed by atoms with Gasteiger partial charge in [-0.05, 0) is 37.6 Å². The molecule has 0 aliphatic rings. The predicted octanol–water partition coefficient (Wildman–Crippen LogP) is 5.61. The van der Waals surface area contributed by atoms with Gasteiger partial charge < -0.3 is 4.90 Å². The summed E-state index contributed by atoms with van der Waals surface area (Å²) >= 11 is 0. The molecule has 1 amide bonds. The van der Waals surface area contributed by atoms with Crippen molar-refractivity contribution >= 4 is 11.6 Å². The summed E-state index contributed by atoms with van der Waals surface area (Å²) in [4.78, 5) is 14.8. The lowest BCUT2D eigenvalue weighted by molar-refractivity contribution is 0.0986. The van der Waals surface area contributed by atoms with E-state index in [-0.39, 0.29) is 5.91 Å². The van der Waals surface area contributed by atoms with Crippen LogP contribution in [0.15, 0.2) is 54.6 Å². The van der Waals surface area contributed by atoms with Gasteiger partial charge in [0.05, 0.1) is 0 Å². The molecule has 23 heavy (non-hydrogen) atoms. The molecule has 0 spiro atoms. The minimum atomic E-state index is 0.0879. The van der Waals surface area contributed by atoms with Gasteiger partial charge in [0, 0.05) is 17.8 Å². The zero-order valence-corrected chi connectivity index (χ0v) is 14.3. The van der Waals surface area contributed by atoms with E-state index in [4.69, 9.17) is 0 Å². The summed E-state index contributed by atoms with van der Waals surface area (Å²) in [6, 6.07) is 17.8. The SMILES string of the molecule is CCCCCCCN(C(=O)c1ccccc1)c1ccc(C)cc1. The largest absolute Gasteiger partial charge is 0.308 e. The van der Waals surface area contributed by atoms with Gasteiger partial charge in [-0.3, -0.25) is 4.79 Å². The van der Waals surface area contributed by atoms with Crippen LogP contribution in [0.2, 0.25) is 0 Å². The topological polar surface area (TPSA) is 20.3 Å². The van der Waals surface area contributed by atoms with E-state index in [1.165, 1.54) is 31.2 Å². The first-order chi connectivity index (χ1) is 11.2. The van der Waals surface area contributed by atoms with Crippen LogP contribution in [0.3, 0.4) is 0 Å². The summed E-state index contributed by atoms with van der Waals surface area (Å²) in [6.07, 6.45) is 5.99. The third-order valence-corrected chi connectivity index (χ3v) is 4.10. The summed E-state index contributed by atoms with van der Waals surface area (Å²) in [5, 5.41) is 0. The Bertz CT molecular complexity index is 589. The predicted molar refractivity (Wildman–Crippen MR) is 98.1 cm³/mol. The number of hydrogen-bond donors (Lipinski definition) is 0. The fraction of sp³-hybridized carbons (Fsp3) is 0.381. The number of hydrogen-bond acceptors (Lipinski definition) is 1. The van der Waals surface area contributed by atoms with Crippen molar-refractivity contribution in [2.75, 3.05) is 11.4 Å². The maximum atomic E-state index is 12.9. The van der Waals surface area contributed by atoms with E-state index in [9.17, 15) is 4.79 Å². The van der Waals surface area contributed by atoms with Gasteiger partial charge in [0.2, 0.25) is 0 Å². The summed E-state index contributed by atoms with van der Waals surface area (Å²) in [7, 11) is 0. The molecule has 0 aliphatic heterocycles. The quantitative estimate of drug-likeness (QED) is 0.580. The van der Waals surface area contributed by atoms with Crippen LogP contribution >= 0.6 is 0 Å². The Morgan fingerprint density at radius 2 is 1.52 bits per heavy atom. The Morgan fingerprint density at radius 1 is 0.870 bits per heavy atom. The number of aryl methyl sites for hydroxylation is 1. The lowest BCUT2D eigenvalue weighted by Gasteiger charge is -2.23. The molecule has 2 aromatic carbocycles. The second-order valence-corrected chi connectivity index (χ2v) is 6.07. The fourth-order valence-electron chi connectivity index (χ4n) is 2.68. The van der Waals surface area contributed by atoms with Crippen molar-refractivity contribution in [3.8, 4) is 0 Å². The molecule has 2 nitrogen and oxygen atoms in total. The molecule has 2 aromatic rings. The normalized spacial score (nSPS) is 10.5. The van der Waals surface area contributed by atoms with Crippen LogP contribution in [0.4, 0.5) is 5.69 Å². The summed E-state index contributed by atoms with van der Waals surface area (Å²) < 4.78 is 0. The van der Waals surface area contributed by atoms with E-state index < -0.39 is 0 Å². The average Bonchev–Trinajstić information content (AvgIpc) is 2.59. The van der Waals surface area contributed by atoms with Crippen molar-refractivity contribution in [3.05, 3.63) is 65.7 Å². The van der Waals surface area contributed by atoms with Crippen LogP contribution in [-0.4, -0.2) is 12.5 Å². The molecule has 0 N–H and O–H groups in total. The number of rotatable bonds is 8. The van der Waals surface area contributed by atoms with Gasteiger partial charge in [-0.2, -0.15) is 0 Å². The monoisotopic (exact) mass is 309 g/mol. The number of benzene rings is 2. The number of amides is 1. The molecule has 0 heterocycles. The van der Waals surface area contributed by atoms with Gasteiger partial charge >= 0.3 is 0 Å². The molecule has 0 saturated heterocycles. The fourth-order valence-corrected chi connectivity index (χ4v) is 2.68. The molecule has 0 radical (unpaired) electrons. The molecule has 2 rings (SSSR count). The number of carbonyl (C=O) groups excluding carboxylic acids is 1. The van der Waals surface area contributed by atoms with Crippen LogP contribution in [0.25, 0.3) is 0 Å². The van der Waals surface area contributed by atoms with Crippen molar-refractivity contribution in [2.45, 2.75) is 46.0 Å². The minimum absolute atomic E-state index is 0.0879. The van der Waals surface area contributed by atoms with Crippen LogP contribution in [0.5, 0.6) is 0 Å². The van der Waals surface area contributed by atoms with Gasteiger partial charge in [-0.15, -0.1) is 0 Å². The second kappa shape index (κ2) is 9.14. The van der Waals surface area contributed by atoms with Gasteiger partial charge in [0.1, 0.15) is 0 Å². The average molecular weight is 309 g/mol. The molecule has 0 aromatic heterocycles. The Hall–Kier alpha value is -2.09. The third-order valence-electron chi connectivity index (χ3n) is 4.10. The van der Waals surface area contributed by atoms with E-state index >= 15 is 0 Å². The maximum absolute atomic E-state index is 12.9. The standard InChI is InChI=1S/C21H27NO/c1-3-4-5-6-10-17-22(20-15-13-18(2)14-16-20)21(23)19-11-8-7-9-12-19/h7-9,11-16H,3-6,10,17H2,1-2H3. The molecule has 0 atom stereocenters. The van der Waals surface area contributed by atoms with Gasteiger partial charge in [-0.1, -0.05) is 68.5 Å². The molecule has 0 bridgehead atoms. The molecular formula is C21H27NO. The first-order valence-corrected chi connectivity index (χ1v) is 8.66. The van der Waals surface area contributed by atoms with Crippen molar-refractivity contribution in [3.63, 3.8) is 0 Å². The minimum Gasteiger partial charge on any atom is -0.308 e. The number of nitrogens with zero attached hydrogens (tertiary/aromatic N) is 1. The highest BCUT2D eigenvalue weighted by Crippen LogP contribution is 2.19. The highest BCUT2D eigenvalue weighted by atomic mass is 16.2. The lowest BCUT2D eigenvalue weighted by atomic mass is 10.1. The van der Waals surface area contributed by atoms with E-state index in [2.05, 4.69) is 26.0 Å². The van der Waals surface area contributed by atoms with Gasteiger partial charge in [-0.25, -0.2) is 0 Å². The highest BCUT2D eigenvalue weighted by molar-refractivity contribution is 6.06. The summed E-state index contributed by atoms with van der Waals surface area (Å²) in [5.41, 5.74) is 2.95. The van der Waals surface area contributed by atoms with E-state index in [0.29, 0.717) is 0 Å². The van der Waals surface area contributed by atoms with Crippen LogP contribution in [-0.2, 0) is 0 Å². The summed E-state index contributed by atoms with van der Waals surface area (Å²) in [5.74, 6) is 0.0879. The van der Waals surface area contributed by atoms with Crippen LogP contribution in [0.1, 0.15) is 54.9 Å². The zero-order valence-electron chi connectivity index (χ0n) is 14.3. The Kier molecular flexibility index (Phi) is 6.86. The van der Waals surface area contributed by atoms with Crippen molar-refractivity contribution < 1.29 is 4.79 Å². The highest BCUT2D eigenvalue weighted by Gasteiger charge is 2.16. The molecule has 0 aliphatic carbocycles. The Labute approximate surface area is 140 Å². The van der Waals surface area contributed by atoms with E-state index in [0.717, 1.165) is 24.2 Å². The maximum Gasteiger partial charge on any atom is 0.258 e. The first-order valence-electron chi connectivity index (χ1n) is 8.66. The molecular weight excluding hydrogens is 282 g/mol. The molecule has 0 fully saturated rings. The number of unbranched alkanes of at least 4 members (excludes halogenated alkanes) is 4. The van der Waals surface area contributed by atoms with Crippen molar-refractivity contribution in [2.24, 2.45) is 0 Å². The molecule has 0 unspecified atom stereocenters. The number of anilines is 1. The third kappa shape index (κ3) is 5.24. The van der Waals surface area contributed by atoms with Gasteiger partial charge in [0.25, 0.3) is 5.91 Å². The molecule has 0 saturated carbocycles. The van der Waals surface area contributed by atoms with Crippen molar-refractivity contribution in [1.82, 2.24) is 0 Å². The van der Waals surface area contributed by atoms with E-state index in [1.807, 2.05) is 47.4 Å². The zero-order chi connectivity index (χ0) is 16.5. The summed E-state index contributed by atoms with van der Waals surface area (Å²) in [6.45, 7) is 5.07. The Balaban J connectivity index is 2.11. The van der Waals surface area contributed by atoms with Crippen LogP contribution in [0, 0.1) is 6.92 Å². The molecule has 2 heteroatoms. The van der Waals surface area contributed by atoms with Crippen LogP contribution < -0.4 is 4.90 Å². The lowest BCUT2D eigenvalue weighted by Crippen LogP contribution is -2.31. The molecule has 122 valence electrons.